The van der Waals surface area contributed by atoms with Crippen molar-refractivity contribution in [1.29, 1.82) is 0 Å². The van der Waals surface area contributed by atoms with Gasteiger partial charge < -0.3 is 10.2 Å². The number of pyridine rings is 1. The van der Waals surface area contributed by atoms with Crippen LogP contribution in [0, 0.1) is 12.8 Å². The molecule has 4 rings (SSSR count). The Morgan fingerprint density at radius 2 is 1.90 bits per heavy atom. The maximum absolute atomic E-state index is 13.4. The van der Waals surface area contributed by atoms with E-state index in [0.29, 0.717) is 11.3 Å². The van der Waals surface area contributed by atoms with E-state index in [1.54, 1.807) is 0 Å². The Morgan fingerprint density at radius 3 is 2.57 bits per heavy atom. The molecule has 160 valence electrons. The Hall–Kier alpha value is -2.47. The standard InChI is InChI=1S/C24H32N4O2/c1-3-4-10-27-11-13-28(14-12-27)24(30)21-15-19(26-23(29)18-6-5-7-18)16-22-20(21)9-8-17(2)25-22/h8-9,15-16,18H,3-7,10-14H2,1-2H3,(H,26,29). The first kappa shape index (κ1) is 20.8. The number of carbonyl (C=O) groups is 2. The number of amides is 2. The summed E-state index contributed by atoms with van der Waals surface area (Å²) in [5, 5.41) is 3.87. The maximum atomic E-state index is 13.4. The Kier molecular flexibility index (Phi) is 6.32. The van der Waals surface area contributed by atoms with Gasteiger partial charge in [0, 0.05) is 48.9 Å². The Labute approximate surface area is 178 Å². The number of piperazine rings is 1. The molecule has 1 aliphatic carbocycles. The van der Waals surface area contributed by atoms with Crippen molar-refractivity contribution in [3.63, 3.8) is 0 Å². The number of aryl methyl sites for hydroxylation is 1. The topological polar surface area (TPSA) is 65.5 Å². The van der Waals surface area contributed by atoms with E-state index in [0.717, 1.165) is 68.6 Å². The van der Waals surface area contributed by atoms with E-state index in [2.05, 4.69) is 22.1 Å². The molecule has 30 heavy (non-hydrogen) atoms. The summed E-state index contributed by atoms with van der Waals surface area (Å²) in [4.78, 5) is 34.9. The average molecular weight is 409 g/mol. The molecule has 0 atom stereocenters. The average Bonchev–Trinajstić information content (AvgIpc) is 2.70. The lowest BCUT2D eigenvalue weighted by atomic mass is 9.85. The van der Waals surface area contributed by atoms with E-state index in [9.17, 15) is 9.59 Å². The fourth-order valence-electron chi connectivity index (χ4n) is 4.23. The van der Waals surface area contributed by atoms with Crippen LogP contribution in [0.5, 0.6) is 0 Å². The van der Waals surface area contributed by atoms with E-state index in [-0.39, 0.29) is 17.7 Å². The number of anilines is 1. The molecule has 1 aromatic carbocycles. The molecule has 2 fully saturated rings. The molecule has 1 N–H and O–H groups in total. The molecule has 1 aliphatic heterocycles. The lowest BCUT2D eigenvalue weighted by molar-refractivity contribution is -0.122. The highest BCUT2D eigenvalue weighted by molar-refractivity contribution is 6.08. The molecule has 6 heteroatoms. The molecule has 1 saturated heterocycles. The van der Waals surface area contributed by atoms with Gasteiger partial charge in [-0.2, -0.15) is 0 Å². The third kappa shape index (κ3) is 4.48. The Balaban J connectivity index is 1.57. The van der Waals surface area contributed by atoms with Crippen molar-refractivity contribution in [1.82, 2.24) is 14.8 Å². The van der Waals surface area contributed by atoms with Crippen LogP contribution in [-0.4, -0.2) is 59.3 Å². The van der Waals surface area contributed by atoms with Gasteiger partial charge in [-0.05, 0) is 50.9 Å². The van der Waals surface area contributed by atoms with Crippen LogP contribution >= 0.6 is 0 Å². The summed E-state index contributed by atoms with van der Waals surface area (Å²) in [6.45, 7) is 8.56. The minimum absolute atomic E-state index is 0.0283. The zero-order valence-corrected chi connectivity index (χ0v) is 18.1. The molecule has 2 aliphatic rings. The molecular weight excluding hydrogens is 376 g/mol. The molecule has 2 aromatic rings. The summed E-state index contributed by atoms with van der Waals surface area (Å²) >= 11 is 0. The molecule has 0 bridgehead atoms. The third-order valence-electron chi connectivity index (χ3n) is 6.41. The summed E-state index contributed by atoms with van der Waals surface area (Å²) in [5.41, 5.74) is 2.95. The van der Waals surface area contributed by atoms with Crippen LogP contribution in [0.2, 0.25) is 0 Å². The highest BCUT2D eigenvalue weighted by Gasteiger charge is 2.27. The molecule has 1 aromatic heterocycles. The molecule has 0 spiro atoms. The predicted molar refractivity (Wildman–Crippen MR) is 120 cm³/mol. The van der Waals surface area contributed by atoms with Crippen LogP contribution < -0.4 is 5.32 Å². The van der Waals surface area contributed by atoms with Crippen molar-refractivity contribution in [3.05, 3.63) is 35.5 Å². The third-order valence-corrected chi connectivity index (χ3v) is 6.41. The van der Waals surface area contributed by atoms with Gasteiger partial charge >= 0.3 is 0 Å². The number of rotatable bonds is 6. The first-order valence-electron chi connectivity index (χ1n) is 11.3. The van der Waals surface area contributed by atoms with Crippen LogP contribution in [0.25, 0.3) is 10.9 Å². The molecule has 2 amide bonds. The van der Waals surface area contributed by atoms with Gasteiger partial charge in [0.25, 0.3) is 5.91 Å². The summed E-state index contributed by atoms with van der Waals surface area (Å²) < 4.78 is 0. The van der Waals surface area contributed by atoms with Gasteiger partial charge in [0.1, 0.15) is 0 Å². The second-order valence-electron chi connectivity index (χ2n) is 8.65. The van der Waals surface area contributed by atoms with E-state index >= 15 is 0 Å². The van der Waals surface area contributed by atoms with Crippen LogP contribution in [0.1, 0.15) is 55.1 Å². The van der Waals surface area contributed by atoms with Crippen molar-refractivity contribution >= 4 is 28.4 Å². The molecule has 0 unspecified atom stereocenters. The molecular formula is C24H32N4O2. The predicted octanol–water partition coefficient (Wildman–Crippen LogP) is 3.84. The Bertz CT molecular complexity index is 930. The maximum Gasteiger partial charge on any atom is 0.254 e. The summed E-state index contributed by atoms with van der Waals surface area (Å²) in [6.07, 6.45) is 5.41. The van der Waals surface area contributed by atoms with Crippen LogP contribution in [-0.2, 0) is 4.79 Å². The Morgan fingerprint density at radius 1 is 1.13 bits per heavy atom. The summed E-state index contributed by atoms with van der Waals surface area (Å²) in [7, 11) is 0. The second-order valence-corrected chi connectivity index (χ2v) is 8.65. The fourth-order valence-corrected chi connectivity index (χ4v) is 4.23. The number of hydrogen-bond acceptors (Lipinski definition) is 4. The zero-order valence-electron chi connectivity index (χ0n) is 18.1. The number of nitrogens with zero attached hydrogens (tertiary/aromatic N) is 3. The highest BCUT2D eigenvalue weighted by atomic mass is 16.2. The van der Waals surface area contributed by atoms with E-state index in [1.165, 1.54) is 12.8 Å². The van der Waals surface area contributed by atoms with E-state index in [4.69, 9.17) is 0 Å². The number of benzene rings is 1. The summed E-state index contributed by atoms with van der Waals surface area (Å²) in [5.74, 6) is 0.179. The van der Waals surface area contributed by atoms with Crippen LogP contribution in [0.4, 0.5) is 5.69 Å². The lowest BCUT2D eigenvalue weighted by Crippen LogP contribution is -2.48. The van der Waals surface area contributed by atoms with Crippen molar-refractivity contribution in [3.8, 4) is 0 Å². The van der Waals surface area contributed by atoms with E-state index in [1.807, 2.05) is 36.1 Å². The van der Waals surface area contributed by atoms with Crippen molar-refractivity contribution in [2.45, 2.75) is 46.0 Å². The first-order valence-corrected chi connectivity index (χ1v) is 11.3. The molecule has 2 heterocycles. The van der Waals surface area contributed by atoms with Crippen molar-refractivity contribution in [2.75, 3.05) is 38.0 Å². The van der Waals surface area contributed by atoms with Gasteiger partial charge in [0.15, 0.2) is 0 Å². The first-order chi connectivity index (χ1) is 14.5. The number of aromatic nitrogens is 1. The van der Waals surface area contributed by atoms with Crippen molar-refractivity contribution < 1.29 is 9.59 Å². The zero-order chi connectivity index (χ0) is 21.1. The summed E-state index contributed by atoms with van der Waals surface area (Å²) in [6, 6.07) is 7.63. The quantitative estimate of drug-likeness (QED) is 0.789. The highest BCUT2D eigenvalue weighted by Crippen LogP contribution is 2.29. The lowest BCUT2D eigenvalue weighted by Gasteiger charge is -2.35. The van der Waals surface area contributed by atoms with Gasteiger partial charge in [-0.3, -0.25) is 19.5 Å². The van der Waals surface area contributed by atoms with Gasteiger partial charge in [-0.25, -0.2) is 0 Å². The smallest absolute Gasteiger partial charge is 0.254 e. The number of nitrogens with one attached hydrogen (secondary N) is 1. The van der Waals surface area contributed by atoms with Gasteiger partial charge in [0.2, 0.25) is 5.91 Å². The second kappa shape index (κ2) is 9.13. The minimum atomic E-state index is 0.0283. The largest absolute Gasteiger partial charge is 0.336 e. The molecule has 1 saturated carbocycles. The minimum Gasteiger partial charge on any atom is -0.336 e. The number of carbonyl (C=O) groups excluding carboxylic acids is 2. The van der Waals surface area contributed by atoms with Gasteiger partial charge in [-0.1, -0.05) is 25.8 Å². The normalized spacial score (nSPS) is 17.7. The van der Waals surface area contributed by atoms with E-state index < -0.39 is 0 Å². The SMILES string of the molecule is CCCCN1CCN(C(=O)c2cc(NC(=O)C3CCC3)cc3nc(C)ccc23)CC1. The monoisotopic (exact) mass is 408 g/mol. The number of fused-ring (bicyclic) bond motifs is 1. The van der Waals surface area contributed by atoms with Crippen molar-refractivity contribution in [2.24, 2.45) is 5.92 Å². The number of hydrogen-bond donors (Lipinski definition) is 1. The van der Waals surface area contributed by atoms with Gasteiger partial charge in [-0.15, -0.1) is 0 Å². The molecule has 0 radical (unpaired) electrons. The van der Waals surface area contributed by atoms with Crippen LogP contribution in [0.15, 0.2) is 24.3 Å². The van der Waals surface area contributed by atoms with Crippen LogP contribution in [0.3, 0.4) is 0 Å². The fraction of sp³-hybridized carbons (Fsp3) is 0.542. The molecule has 6 nitrogen and oxygen atoms in total. The van der Waals surface area contributed by atoms with Gasteiger partial charge in [0.05, 0.1) is 11.1 Å². The number of unbranched alkanes of at least 4 members (excludes halogenated alkanes) is 1.